The van der Waals surface area contributed by atoms with E-state index in [1.54, 1.807) is 0 Å². The van der Waals surface area contributed by atoms with Gasteiger partial charge in [0.15, 0.2) is 0 Å². The van der Waals surface area contributed by atoms with Crippen LogP contribution in [0.1, 0.15) is 31.7 Å². The number of nitrogens with one attached hydrogen (secondary N) is 1. The van der Waals surface area contributed by atoms with Crippen LogP contribution >= 0.6 is 23.2 Å². The molecule has 2 nitrogen and oxygen atoms in total. The van der Waals surface area contributed by atoms with Crippen molar-refractivity contribution >= 4 is 23.2 Å². The van der Waals surface area contributed by atoms with E-state index in [4.69, 9.17) is 27.9 Å². The Hall–Kier alpha value is -0.280. The number of ether oxygens (including phenoxy) is 1. The Bertz CT molecular complexity index is 432. The average Bonchev–Trinajstić information content (AvgIpc) is 2.37. The van der Waals surface area contributed by atoms with E-state index < -0.39 is 0 Å². The lowest BCUT2D eigenvalue weighted by atomic mass is 9.77. The maximum Gasteiger partial charge on any atom is 0.0580 e. The van der Waals surface area contributed by atoms with Gasteiger partial charge in [0, 0.05) is 22.7 Å². The minimum absolute atomic E-state index is 0.459. The second-order valence-corrected chi connectivity index (χ2v) is 6.42. The minimum atomic E-state index is 0.459. The maximum atomic E-state index is 6.25. The molecular formula is C16H23Cl2NO. The molecule has 20 heavy (non-hydrogen) atoms. The first kappa shape index (κ1) is 16.1. The Morgan fingerprint density at radius 1 is 1.35 bits per heavy atom. The van der Waals surface area contributed by atoms with E-state index >= 15 is 0 Å². The van der Waals surface area contributed by atoms with E-state index in [0.717, 1.165) is 29.5 Å². The second kappa shape index (κ2) is 7.65. The van der Waals surface area contributed by atoms with Gasteiger partial charge in [-0.3, -0.25) is 0 Å². The number of likely N-dealkylation sites (N-methyl/N-ethyl adjacent to an activating group) is 1. The van der Waals surface area contributed by atoms with Gasteiger partial charge in [-0.2, -0.15) is 0 Å². The monoisotopic (exact) mass is 315 g/mol. The summed E-state index contributed by atoms with van der Waals surface area (Å²) in [6.07, 6.45) is 5.00. The van der Waals surface area contributed by atoms with Crippen molar-refractivity contribution in [2.75, 3.05) is 13.7 Å². The van der Waals surface area contributed by atoms with Gasteiger partial charge in [-0.1, -0.05) is 29.3 Å². The Kier molecular flexibility index (Phi) is 6.16. The van der Waals surface area contributed by atoms with Crippen LogP contribution in [-0.2, 0) is 11.2 Å². The summed E-state index contributed by atoms with van der Waals surface area (Å²) in [6, 6.07) is 6.21. The third-order valence-corrected chi connectivity index (χ3v) is 4.69. The number of hydrogen-bond donors (Lipinski definition) is 1. The first-order valence-corrected chi connectivity index (χ1v) is 8.10. The Morgan fingerprint density at radius 2 is 2.10 bits per heavy atom. The summed E-state index contributed by atoms with van der Waals surface area (Å²) in [5.41, 5.74) is 1.16. The topological polar surface area (TPSA) is 21.3 Å². The van der Waals surface area contributed by atoms with Crippen molar-refractivity contribution in [3.8, 4) is 0 Å². The van der Waals surface area contributed by atoms with Crippen LogP contribution in [0.5, 0.6) is 0 Å². The molecule has 1 unspecified atom stereocenters. The molecule has 0 spiro atoms. The first-order valence-electron chi connectivity index (χ1n) is 7.35. The molecule has 1 aromatic rings. The van der Waals surface area contributed by atoms with Crippen molar-refractivity contribution < 1.29 is 4.74 Å². The number of benzene rings is 1. The Balaban J connectivity index is 1.84. The van der Waals surface area contributed by atoms with Crippen LogP contribution in [0.25, 0.3) is 0 Å². The normalized spacial score (nSPS) is 23.4. The molecule has 1 aliphatic rings. The quantitative estimate of drug-likeness (QED) is 0.808. The zero-order valence-corrected chi connectivity index (χ0v) is 13.7. The molecule has 1 aliphatic carbocycles. The molecule has 1 aromatic carbocycles. The molecule has 4 heteroatoms. The van der Waals surface area contributed by atoms with Gasteiger partial charge in [0.25, 0.3) is 0 Å². The van der Waals surface area contributed by atoms with Crippen LogP contribution in [-0.4, -0.2) is 25.8 Å². The van der Waals surface area contributed by atoms with Gasteiger partial charge in [-0.25, -0.2) is 0 Å². The number of rotatable bonds is 7. The van der Waals surface area contributed by atoms with Gasteiger partial charge >= 0.3 is 0 Å². The van der Waals surface area contributed by atoms with Gasteiger partial charge in [-0.15, -0.1) is 0 Å². The highest BCUT2D eigenvalue weighted by molar-refractivity contribution is 6.35. The standard InChI is InChI=1S/C16H23Cl2NO/c1-3-20-15-7-11(8-15)6-14(19-2)9-12-4-5-13(17)10-16(12)18/h4-5,10-11,14-15,19H,3,6-9H2,1-2H3. The summed E-state index contributed by atoms with van der Waals surface area (Å²) >= 11 is 12.2. The summed E-state index contributed by atoms with van der Waals surface area (Å²) < 4.78 is 5.62. The van der Waals surface area contributed by atoms with Crippen molar-refractivity contribution in [3.63, 3.8) is 0 Å². The third-order valence-electron chi connectivity index (χ3n) is 4.10. The highest BCUT2D eigenvalue weighted by Gasteiger charge is 2.31. The van der Waals surface area contributed by atoms with Crippen molar-refractivity contribution in [2.45, 2.75) is 44.8 Å². The Morgan fingerprint density at radius 3 is 2.70 bits per heavy atom. The van der Waals surface area contributed by atoms with Crippen LogP contribution in [0.2, 0.25) is 10.0 Å². The largest absolute Gasteiger partial charge is 0.378 e. The summed E-state index contributed by atoms with van der Waals surface area (Å²) in [7, 11) is 2.02. The molecule has 1 atom stereocenters. The first-order chi connectivity index (χ1) is 9.62. The fraction of sp³-hybridized carbons (Fsp3) is 0.625. The summed E-state index contributed by atoms with van der Waals surface area (Å²) in [5.74, 6) is 0.773. The van der Waals surface area contributed by atoms with Crippen molar-refractivity contribution in [2.24, 2.45) is 5.92 Å². The molecule has 0 radical (unpaired) electrons. The lowest BCUT2D eigenvalue weighted by Crippen LogP contribution is -2.38. The summed E-state index contributed by atoms with van der Waals surface area (Å²) in [4.78, 5) is 0. The lowest BCUT2D eigenvalue weighted by Gasteiger charge is -2.37. The van der Waals surface area contributed by atoms with Gasteiger partial charge < -0.3 is 10.1 Å². The highest BCUT2D eigenvalue weighted by atomic mass is 35.5. The average molecular weight is 316 g/mol. The molecule has 112 valence electrons. The van der Waals surface area contributed by atoms with Crippen LogP contribution in [0.4, 0.5) is 0 Å². The van der Waals surface area contributed by atoms with E-state index in [1.165, 1.54) is 19.3 Å². The van der Waals surface area contributed by atoms with Gasteiger partial charge in [0.1, 0.15) is 0 Å². The molecule has 1 saturated carbocycles. The predicted molar refractivity (Wildman–Crippen MR) is 85.8 cm³/mol. The van der Waals surface area contributed by atoms with E-state index in [0.29, 0.717) is 17.2 Å². The molecule has 0 heterocycles. The molecule has 0 bridgehead atoms. The second-order valence-electron chi connectivity index (χ2n) is 5.58. The molecule has 0 aliphatic heterocycles. The molecule has 1 fully saturated rings. The van der Waals surface area contributed by atoms with Crippen molar-refractivity contribution in [3.05, 3.63) is 33.8 Å². The SMILES string of the molecule is CCOC1CC(CC(Cc2ccc(Cl)cc2Cl)NC)C1. The zero-order valence-electron chi connectivity index (χ0n) is 12.2. The third kappa shape index (κ3) is 4.36. The van der Waals surface area contributed by atoms with E-state index in [-0.39, 0.29) is 0 Å². The fourth-order valence-electron chi connectivity index (χ4n) is 2.90. The van der Waals surface area contributed by atoms with Crippen LogP contribution < -0.4 is 5.32 Å². The van der Waals surface area contributed by atoms with Crippen LogP contribution in [0.15, 0.2) is 18.2 Å². The van der Waals surface area contributed by atoms with Gasteiger partial charge in [0.2, 0.25) is 0 Å². The fourth-order valence-corrected chi connectivity index (χ4v) is 3.38. The molecule has 0 amide bonds. The molecule has 1 N–H and O–H groups in total. The smallest absolute Gasteiger partial charge is 0.0580 e. The highest BCUT2D eigenvalue weighted by Crippen LogP contribution is 2.34. The summed E-state index contributed by atoms with van der Waals surface area (Å²) in [6.45, 7) is 2.89. The number of hydrogen-bond acceptors (Lipinski definition) is 2. The zero-order chi connectivity index (χ0) is 14.5. The molecule has 0 aromatic heterocycles. The molecule has 0 saturated heterocycles. The maximum absolute atomic E-state index is 6.25. The lowest BCUT2D eigenvalue weighted by molar-refractivity contribution is -0.0288. The molecular weight excluding hydrogens is 293 g/mol. The van der Waals surface area contributed by atoms with Crippen molar-refractivity contribution in [1.29, 1.82) is 0 Å². The van der Waals surface area contributed by atoms with Crippen LogP contribution in [0.3, 0.4) is 0 Å². The van der Waals surface area contributed by atoms with Crippen LogP contribution in [0, 0.1) is 5.92 Å². The van der Waals surface area contributed by atoms with E-state index in [1.807, 2.05) is 25.2 Å². The number of halogens is 2. The predicted octanol–water partition coefficient (Wildman–Crippen LogP) is 4.33. The molecule has 2 rings (SSSR count). The summed E-state index contributed by atoms with van der Waals surface area (Å²) in [5, 5.41) is 4.86. The van der Waals surface area contributed by atoms with Gasteiger partial charge in [-0.05, 0) is 63.3 Å². The Labute approximate surface area is 131 Å². The van der Waals surface area contributed by atoms with E-state index in [2.05, 4.69) is 12.2 Å². The van der Waals surface area contributed by atoms with E-state index in [9.17, 15) is 0 Å². The van der Waals surface area contributed by atoms with Gasteiger partial charge in [0.05, 0.1) is 6.10 Å². The minimum Gasteiger partial charge on any atom is -0.378 e. The van der Waals surface area contributed by atoms with Crippen molar-refractivity contribution in [1.82, 2.24) is 5.32 Å².